The van der Waals surface area contributed by atoms with E-state index >= 15 is 0 Å². The van der Waals surface area contributed by atoms with Crippen LogP contribution >= 0.6 is 11.8 Å². The van der Waals surface area contributed by atoms with Crippen LogP contribution in [0.1, 0.15) is 11.1 Å². The molecule has 0 atom stereocenters. The molecule has 1 heterocycles. The predicted molar refractivity (Wildman–Crippen MR) is 63.3 cm³/mol. The monoisotopic (exact) mass is 232 g/mol. The Morgan fingerprint density at radius 3 is 2.88 bits per heavy atom. The van der Waals surface area contributed by atoms with Crippen molar-refractivity contribution in [3.05, 3.63) is 47.9 Å². The topological polar surface area (TPSA) is 46.0 Å². The van der Waals surface area contributed by atoms with E-state index in [9.17, 15) is 5.11 Å². The number of aryl methyl sites for hydroxylation is 1. The van der Waals surface area contributed by atoms with Gasteiger partial charge in [0, 0.05) is 11.1 Å². The number of aliphatic hydroxyl groups excluding tert-OH is 1. The van der Waals surface area contributed by atoms with E-state index in [1.165, 1.54) is 18.1 Å². The van der Waals surface area contributed by atoms with E-state index in [2.05, 4.69) is 9.97 Å². The standard InChI is InChI=1S/C12H12N2OS/c1-9-2-3-11(10(6-9)7-15)16-12-4-5-13-8-14-12/h2-6,8,15H,7H2,1H3. The predicted octanol–water partition coefficient (Wildman–Crippen LogP) is 2.43. The van der Waals surface area contributed by atoms with Crippen LogP contribution < -0.4 is 0 Å². The SMILES string of the molecule is Cc1ccc(Sc2ccncn2)c(CO)c1. The second-order valence-electron chi connectivity index (χ2n) is 3.42. The lowest BCUT2D eigenvalue weighted by molar-refractivity contribution is 0.279. The van der Waals surface area contributed by atoms with Gasteiger partial charge in [0.1, 0.15) is 11.4 Å². The summed E-state index contributed by atoms with van der Waals surface area (Å²) in [6, 6.07) is 7.88. The van der Waals surface area contributed by atoms with E-state index in [1.807, 2.05) is 31.2 Å². The van der Waals surface area contributed by atoms with Crippen molar-refractivity contribution in [3.8, 4) is 0 Å². The highest BCUT2D eigenvalue weighted by molar-refractivity contribution is 7.99. The molecule has 1 aromatic carbocycles. The van der Waals surface area contributed by atoms with E-state index < -0.39 is 0 Å². The molecule has 0 unspecified atom stereocenters. The second kappa shape index (κ2) is 5.09. The van der Waals surface area contributed by atoms with Gasteiger partial charge in [-0.1, -0.05) is 29.5 Å². The van der Waals surface area contributed by atoms with Gasteiger partial charge in [-0.05, 0) is 24.6 Å². The van der Waals surface area contributed by atoms with Crippen molar-refractivity contribution in [1.82, 2.24) is 9.97 Å². The van der Waals surface area contributed by atoms with E-state index in [-0.39, 0.29) is 6.61 Å². The van der Waals surface area contributed by atoms with Crippen LogP contribution in [0.2, 0.25) is 0 Å². The maximum absolute atomic E-state index is 9.27. The molecule has 0 bridgehead atoms. The summed E-state index contributed by atoms with van der Waals surface area (Å²) in [7, 11) is 0. The van der Waals surface area contributed by atoms with E-state index in [0.29, 0.717) is 0 Å². The Labute approximate surface area is 98.6 Å². The molecule has 82 valence electrons. The van der Waals surface area contributed by atoms with E-state index in [4.69, 9.17) is 0 Å². The van der Waals surface area contributed by atoms with E-state index in [1.54, 1.807) is 6.20 Å². The fraction of sp³-hybridized carbons (Fsp3) is 0.167. The molecule has 2 aromatic rings. The summed E-state index contributed by atoms with van der Waals surface area (Å²) >= 11 is 1.54. The number of hydrogen-bond donors (Lipinski definition) is 1. The van der Waals surface area contributed by atoms with Gasteiger partial charge in [0.25, 0.3) is 0 Å². The van der Waals surface area contributed by atoms with Crippen LogP contribution in [0, 0.1) is 6.92 Å². The molecular formula is C12H12N2OS. The lowest BCUT2D eigenvalue weighted by Gasteiger charge is -2.07. The third-order valence-electron chi connectivity index (χ3n) is 2.16. The molecule has 1 aromatic heterocycles. The molecule has 0 spiro atoms. The Balaban J connectivity index is 2.28. The fourth-order valence-corrected chi connectivity index (χ4v) is 2.23. The molecule has 0 aliphatic rings. The molecule has 0 fully saturated rings. The van der Waals surface area contributed by atoms with Crippen molar-refractivity contribution in [2.45, 2.75) is 23.5 Å². The zero-order valence-electron chi connectivity index (χ0n) is 8.92. The number of rotatable bonds is 3. The van der Waals surface area contributed by atoms with Crippen molar-refractivity contribution < 1.29 is 5.11 Å². The minimum absolute atomic E-state index is 0.0507. The first-order valence-corrected chi connectivity index (χ1v) is 5.75. The summed E-state index contributed by atoms with van der Waals surface area (Å²) in [5.74, 6) is 0. The molecule has 0 aliphatic heterocycles. The molecule has 2 rings (SSSR count). The van der Waals surface area contributed by atoms with Crippen LogP contribution in [0.5, 0.6) is 0 Å². The maximum Gasteiger partial charge on any atom is 0.116 e. The molecule has 0 amide bonds. The van der Waals surface area contributed by atoms with Crippen molar-refractivity contribution in [2.24, 2.45) is 0 Å². The Hall–Kier alpha value is -1.39. The average Bonchev–Trinajstić information content (AvgIpc) is 2.33. The summed E-state index contributed by atoms with van der Waals surface area (Å²) in [5.41, 5.74) is 2.08. The summed E-state index contributed by atoms with van der Waals surface area (Å²) in [6.45, 7) is 2.06. The van der Waals surface area contributed by atoms with Crippen LogP contribution in [0.3, 0.4) is 0 Å². The summed E-state index contributed by atoms with van der Waals surface area (Å²) in [6.07, 6.45) is 3.23. The largest absolute Gasteiger partial charge is 0.392 e. The molecule has 0 saturated heterocycles. The molecule has 1 N–H and O–H groups in total. The van der Waals surface area contributed by atoms with Gasteiger partial charge in [0.15, 0.2) is 0 Å². The van der Waals surface area contributed by atoms with Gasteiger partial charge in [-0.2, -0.15) is 0 Å². The van der Waals surface area contributed by atoms with Gasteiger partial charge in [0.2, 0.25) is 0 Å². The van der Waals surface area contributed by atoms with Crippen LogP contribution in [0.15, 0.2) is 46.7 Å². The summed E-state index contributed by atoms with van der Waals surface area (Å²) < 4.78 is 0. The maximum atomic E-state index is 9.27. The van der Waals surface area contributed by atoms with Crippen LogP contribution in [-0.2, 0) is 6.61 Å². The smallest absolute Gasteiger partial charge is 0.116 e. The lowest BCUT2D eigenvalue weighted by Crippen LogP contribution is -1.89. The summed E-state index contributed by atoms with van der Waals surface area (Å²) in [5, 5.41) is 10.2. The quantitative estimate of drug-likeness (QED) is 0.826. The zero-order valence-corrected chi connectivity index (χ0v) is 9.74. The minimum atomic E-state index is 0.0507. The first-order valence-electron chi connectivity index (χ1n) is 4.94. The van der Waals surface area contributed by atoms with Gasteiger partial charge in [0.05, 0.1) is 6.61 Å². The van der Waals surface area contributed by atoms with Crippen molar-refractivity contribution in [2.75, 3.05) is 0 Å². The summed E-state index contributed by atoms with van der Waals surface area (Å²) in [4.78, 5) is 9.05. The van der Waals surface area contributed by atoms with E-state index in [0.717, 1.165) is 21.0 Å². The number of hydrogen-bond acceptors (Lipinski definition) is 4. The molecular weight excluding hydrogens is 220 g/mol. The first-order chi connectivity index (χ1) is 7.79. The van der Waals surface area contributed by atoms with Crippen LogP contribution in [-0.4, -0.2) is 15.1 Å². The van der Waals surface area contributed by atoms with Crippen molar-refractivity contribution >= 4 is 11.8 Å². The molecule has 16 heavy (non-hydrogen) atoms. The first kappa shape index (κ1) is 11.1. The van der Waals surface area contributed by atoms with Crippen LogP contribution in [0.4, 0.5) is 0 Å². The van der Waals surface area contributed by atoms with Gasteiger partial charge >= 0.3 is 0 Å². The molecule has 4 heteroatoms. The Kier molecular flexibility index (Phi) is 3.54. The number of aromatic nitrogens is 2. The number of aliphatic hydroxyl groups is 1. The van der Waals surface area contributed by atoms with Crippen molar-refractivity contribution in [3.63, 3.8) is 0 Å². The Morgan fingerprint density at radius 1 is 1.31 bits per heavy atom. The number of benzene rings is 1. The van der Waals surface area contributed by atoms with Gasteiger partial charge in [-0.15, -0.1) is 0 Å². The second-order valence-corrected chi connectivity index (χ2v) is 4.48. The normalized spacial score (nSPS) is 10.4. The van der Waals surface area contributed by atoms with Crippen molar-refractivity contribution in [1.29, 1.82) is 0 Å². The highest BCUT2D eigenvalue weighted by Crippen LogP contribution is 2.29. The Morgan fingerprint density at radius 2 is 2.19 bits per heavy atom. The highest BCUT2D eigenvalue weighted by atomic mass is 32.2. The third-order valence-corrected chi connectivity index (χ3v) is 3.22. The van der Waals surface area contributed by atoms with Gasteiger partial charge < -0.3 is 5.11 Å². The number of nitrogens with zero attached hydrogens (tertiary/aromatic N) is 2. The van der Waals surface area contributed by atoms with Gasteiger partial charge in [-0.25, -0.2) is 9.97 Å². The molecule has 0 saturated carbocycles. The third kappa shape index (κ3) is 2.59. The molecule has 0 radical (unpaired) electrons. The highest BCUT2D eigenvalue weighted by Gasteiger charge is 2.04. The Bertz CT molecular complexity index is 474. The lowest BCUT2D eigenvalue weighted by atomic mass is 10.1. The van der Waals surface area contributed by atoms with Gasteiger partial charge in [-0.3, -0.25) is 0 Å². The fourth-order valence-electron chi connectivity index (χ4n) is 1.38. The average molecular weight is 232 g/mol. The van der Waals surface area contributed by atoms with Crippen LogP contribution in [0.25, 0.3) is 0 Å². The molecule has 0 aliphatic carbocycles. The zero-order chi connectivity index (χ0) is 11.4. The molecule has 3 nitrogen and oxygen atoms in total. The minimum Gasteiger partial charge on any atom is -0.392 e.